The summed E-state index contributed by atoms with van der Waals surface area (Å²) in [6, 6.07) is 10.4. The molecule has 0 fully saturated rings. The lowest BCUT2D eigenvalue weighted by Crippen LogP contribution is -2.54. The molecule has 21 heavy (non-hydrogen) atoms. The fourth-order valence-electron chi connectivity index (χ4n) is 2.59. The van der Waals surface area contributed by atoms with Crippen LogP contribution in [0.2, 0.25) is 0 Å². The predicted octanol–water partition coefficient (Wildman–Crippen LogP) is 2.89. The molecule has 4 N–H and O–H groups in total. The van der Waals surface area contributed by atoms with E-state index < -0.39 is 5.54 Å². The molecule has 0 aliphatic carbocycles. The smallest absolute Gasteiger partial charge is 0.237 e. The van der Waals surface area contributed by atoms with E-state index in [0.29, 0.717) is 6.42 Å². The van der Waals surface area contributed by atoms with Gasteiger partial charge in [0.25, 0.3) is 0 Å². The number of amides is 1. The number of thioether (sulfide) groups is 1. The maximum atomic E-state index is 11.7. The summed E-state index contributed by atoms with van der Waals surface area (Å²) in [5, 5.41) is 5.80. The van der Waals surface area contributed by atoms with Gasteiger partial charge in [0.1, 0.15) is 0 Å². The molecule has 0 spiro atoms. The molecule has 5 heteroatoms. The van der Waals surface area contributed by atoms with Crippen LogP contribution in [0.4, 0.5) is 0 Å². The monoisotopic (exact) mass is 305 g/mol. The number of aromatic amines is 1. The van der Waals surface area contributed by atoms with Crippen molar-refractivity contribution in [3.8, 4) is 0 Å². The molecule has 0 bridgehead atoms. The summed E-state index contributed by atoms with van der Waals surface area (Å²) in [6.07, 6.45) is 0.691. The van der Waals surface area contributed by atoms with Crippen LogP contribution < -0.4 is 11.1 Å². The number of carbonyl (C=O) groups excluding carboxylic acids is 1. The Morgan fingerprint density at radius 3 is 2.81 bits per heavy atom. The van der Waals surface area contributed by atoms with Gasteiger partial charge in [0, 0.05) is 16.2 Å². The number of H-pyrrole nitrogens is 1. The fourth-order valence-corrected chi connectivity index (χ4v) is 3.81. The molecule has 1 aromatic heterocycles. The Kier molecular flexibility index (Phi) is 4.96. The van der Waals surface area contributed by atoms with Gasteiger partial charge in [-0.15, -0.1) is 11.8 Å². The van der Waals surface area contributed by atoms with Gasteiger partial charge < -0.3 is 16.0 Å². The summed E-state index contributed by atoms with van der Waals surface area (Å²) < 4.78 is 0. The summed E-state index contributed by atoms with van der Waals surface area (Å²) in [6.45, 7) is 6.70. The highest BCUT2D eigenvalue weighted by Crippen LogP contribution is 2.30. The molecule has 2 unspecified atom stereocenters. The minimum Gasteiger partial charge on any atom is -0.368 e. The molecular formula is C16H23N3OS. The first-order chi connectivity index (χ1) is 9.94. The second kappa shape index (κ2) is 6.54. The van der Waals surface area contributed by atoms with Crippen LogP contribution in [0.1, 0.15) is 27.2 Å². The normalized spacial score (nSPS) is 15.8. The van der Waals surface area contributed by atoms with Crippen LogP contribution in [-0.4, -0.2) is 28.2 Å². The van der Waals surface area contributed by atoms with E-state index in [0.717, 1.165) is 17.1 Å². The number of nitrogens with one attached hydrogen (secondary N) is 2. The van der Waals surface area contributed by atoms with E-state index in [4.69, 9.17) is 5.73 Å². The summed E-state index contributed by atoms with van der Waals surface area (Å²) in [5.74, 6) is -0.298. The van der Waals surface area contributed by atoms with Gasteiger partial charge in [-0.05, 0) is 32.0 Å². The Hall–Kier alpha value is -1.46. The molecule has 2 aromatic rings. The van der Waals surface area contributed by atoms with Crippen molar-refractivity contribution in [2.24, 2.45) is 5.73 Å². The van der Waals surface area contributed by atoms with E-state index >= 15 is 0 Å². The van der Waals surface area contributed by atoms with Gasteiger partial charge in [-0.25, -0.2) is 0 Å². The Morgan fingerprint density at radius 1 is 1.48 bits per heavy atom. The van der Waals surface area contributed by atoms with Crippen molar-refractivity contribution in [2.75, 3.05) is 6.54 Å². The molecule has 0 aliphatic rings. The second-order valence-corrected chi connectivity index (χ2v) is 7.06. The molecule has 1 amide bonds. The molecule has 1 aromatic carbocycles. The third-order valence-electron chi connectivity index (χ3n) is 3.64. The minimum absolute atomic E-state index is 0.273. The number of para-hydroxylation sites is 1. The van der Waals surface area contributed by atoms with Crippen LogP contribution in [0.5, 0.6) is 0 Å². The van der Waals surface area contributed by atoms with E-state index in [2.05, 4.69) is 35.4 Å². The molecule has 114 valence electrons. The summed E-state index contributed by atoms with van der Waals surface area (Å²) in [7, 11) is 0. The SMILES string of the molecule is CCNC(C)(CC(C)Sc1cc2ccccc2[nH]1)C(N)=O. The topological polar surface area (TPSA) is 70.9 Å². The minimum atomic E-state index is -0.660. The van der Waals surface area contributed by atoms with Gasteiger partial charge in [0.2, 0.25) is 5.91 Å². The number of hydrogen-bond acceptors (Lipinski definition) is 3. The number of aromatic nitrogens is 1. The quantitative estimate of drug-likeness (QED) is 0.689. The van der Waals surface area contributed by atoms with Crippen molar-refractivity contribution < 1.29 is 4.79 Å². The molecule has 2 atom stereocenters. The van der Waals surface area contributed by atoms with E-state index in [1.54, 1.807) is 11.8 Å². The number of likely N-dealkylation sites (N-methyl/N-ethyl adjacent to an activating group) is 1. The van der Waals surface area contributed by atoms with Crippen molar-refractivity contribution >= 4 is 28.6 Å². The van der Waals surface area contributed by atoms with Crippen LogP contribution in [0.15, 0.2) is 35.4 Å². The zero-order valence-corrected chi connectivity index (χ0v) is 13.6. The number of carbonyl (C=O) groups is 1. The second-order valence-electron chi connectivity index (χ2n) is 5.58. The van der Waals surface area contributed by atoms with Crippen molar-refractivity contribution in [1.82, 2.24) is 10.3 Å². The van der Waals surface area contributed by atoms with Crippen LogP contribution in [0.3, 0.4) is 0 Å². The molecule has 0 radical (unpaired) electrons. The van der Waals surface area contributed by atoms with Gasteiger partial charge in [0.15, 0.2) is 0 Å². The molecule has 4 nitrogen and oxygen atoms in total. The lowest BCUT2D eigenvalue weighted by atomic mass is 9.95. The molecule has 2 rings (SSSR count). The van der Waals surface area contributed by atoms with Crippen molar-refractivity contribution in [3.05, 3.63) is 30.3 Å². The molecule has 0 saturated heterocycles. The number of hydrogen-bond donors (Lipinski definition) is 3. The highest BCUT2D eigenvalue weighted by Gasteiger charge is 2.32. The van der Waals surface area contributed by atoms with Crippen LogP contribution in [-0.2, 0) is 4.79 Å². The number of rotatable bonds is 7. The zero-order valence-electron chi connectivity index (χ0n) is 12.8. The Labute approximate surface area is 129 Å². The van der Waals surface area contributed by atoms with E-state index in [9.17, 15) is 4.79 Å². The largest absolute Gasteiger partial charge is 0.368 e. The van der Waals surface area contributed by atoms with E-state index in [1.165, 1.54) is 5.39 Å². The van der Waals surface area contributed by atoms with Crippen molar-refractivity contribution in [1.29, 1.82) is 0 Å². The standard InChI is InChI=1S/C16H23N3OS/c1-4-18-16(3,15(17)20)10-11(2)21-14-9-12-7-5-6-8-13(12)19-14/h5-9,11,18-19H,4,10H2,1-3H3,(H2,17,20). The van der Waals surface area contributed by atoms with Gasteiger partial charge in [0.05, 0.1) is 10.6 Å². The van der Waals surface area contributed by atoms with Crippen LogP contribution >= 0.6 is 11.8 Å². The van der Waals surface area contributed by atoms with Gasteiger partial charge >= 0.3 is 0 Å². The molecular weight excluding hydrogens is 282 g/mol. The van der Waals surface area contributed by atoms with Crippen molar-refractivity contribution in [3.63, 3.8) is 0 Å². The van der Waals surface area contributed by atoms with Gasteiger partial charge in [-0.1, -0.05) is 32.0 Å². The Balaban J connectivity index is 2.06. The number of benzene rings is 1. The summed E-state index contributed by atoms with van der Waals surface area (Å²) >= 11 is 1.74. The Bertz CT molecular complexity index is 592. The number of fused-ring (bicyclic) bond motifs is 1. The fraction of sp³-hybridized carbons (Fsp3) is 0.438. The van der Waals surface area contributed by atoms with E-state index in [-0.39, 0.29) is 11.2 Å². The number of primary amides is 1. The molecule has 1 heterocycles. The predicted molar refractivity (Wildman–Crippen MR) is 89.5 cm³/mol. The molecule has 0 saturated carbocycles. The maximum absolute atomic E-state index is 11.7. The number of nitrogens with two attached hydrogens (primary N) is 1. The first-order valence-electron chi connectivity index (χ1n) is 7.24. The third kappa shape index (κ3) is 3.80. The Morgan fingerprint density at radius 2 is 2.19 bits per heavy atom. The average Bonchev–Trinajstić information content (AvgIpc) is 2.80. The van der Waals surface area contributed by atoms with E-state index in [1.807, 2.05) is 26.0 Å². The molecule has 0 aliphatic heterocycles. The average molecular weight is 305 g/mol. The highest BCUT2D eigenvalue weighted by atomic mass is 32.2. The van der Waals surface area contributed by atoms with Crippen molar-refractivity contribution in [2.45, 2.75) is 43.0 Å². The maximum Gasteiger partial charge on any atom is 0.237 e. The summed E-state index contributed by atoms with van der Waals surface area (Å²) in [4.78, 5) is 15.1. The first-order valence-corrected chi connectivity index (χ1v) is 8.12. The highest BCUT2D eigenvalue weighted by molar-refractivity contribution is 7.99. The van der Waals surface area contributed by atoms with Gasteiger partial charge in [-0.3, -0.25) is 4.79 Å². The first kappa shape index (κ1) is 15.9. The lowest BCUT2D eigenvalue weighted by molar-refractivity contribution is -0.124. The van der Waals surface area contributed by atoms with Crippen LogP contribution in [0.25, 0.3) is 10.9 Å². The van der Waals surface area contributed by atoms with Crippen LogP contribution in [0, 0.1) is 0 Å². The summed E-state index contributed by atoms with van der Waals surface area (Å²) in [5.41, 5.74) is 6.02. The third-order valence-corrected chi connectivity index (χ3v) is 4.68. The van der Waals surface area contributed by atoms with Gasteiger partial charge in [-0.2, -0.15) is 0 Å². The lowest BCUT2D eigenvalue weighted by Gasteiger charge is -2.29. The zero-order chi connectivity index (χ0) is 15.5.